The summed E-state index contributed by atoms with van der Waals surface area (Å²) in [5.74, 6) is -0.384. The number of carbonyl (C=O) groups is 1. The fourth-order valence-corrected chi connectivity index (χ4v) is 3.20. The quantitative estimate of drug-likeness (QED) is 0.475. The molecule has 0 N–H and O–H groups in total. The first-order chi connectivity index (χ1) is 12.7. The Morgan fingerprint density at radius 1 is 1.22 bits per heavy atom. The summed E-state index contributed by atoms with van der Waals surface area (Å²) in [4.78, 5) is 24.8. The second kappa shape index (κ2) is 7.23. The van der Waals surface area contributed by atoms with Crippen LogP contribution in [0.4, 0.5) is 4.39 Å². The number of hydrogen-bond donors (Lipinski definition) is 0. The molecule has 0 aliphatic heterocycles. The van der Waals surface area contributed by atoms with Crippen molar-refractivity contribution < 1.29 is 13.9 Å². The highest BCUT2D eigenvalue weighted by molar-refractivity contribution is 6.28. The zero-order valence-electron chi connectivity index (χ0n) is 15.7. The molecule has 2 heterocycles. The number of carbonyl (C=O) groups excluding carboxylic acids is 1. The van der Waals surface area contributed by atoms with Gasteiger partial charge in [-0.1, -0.05) is 0 Å². The molecule has 3 rings (SSSR count). The molecule has 0 aliphatic carbocycles. The van der Waals surface area contributed by atoms with Crippen LogP contribution in [0.3, 0.4) is 0 Å². The van der Waals surface area contributed by atoms with E-state index in [9.17, 15) is 9.18 Å². The van der Waals surface area contributed by atoms with Gasteiger partial charge in [-0.25, -0.2) is 24.1 Å². The van der Waals surface area contributed by atoms with E-state index >= 15 is 0 Å². The zero-order valence-corrected chi connectivity index (χ0v) is 16.5. The first kappa shape index (κ1) is 19.2. The van der Waals surface area contributed by atoms with Gasteiger partial charge in [-0.05, 0) is 58.4 Å². The molecule has 0 saturated carbocycles. The summed E-state index contributed by atoms with van der Waals surface area (Å²) in [7, 11) is 0. The molecule has 0 fully saturated rings. The number of nitrogens with zero attached hydrogens (tertiary/aromatic N) is 4. The minimum absolute atomic E-state index is 0.0415. The van der Waals surface area contributed by atoms with Crippen molar-refractivity contribution in [2.24, 2.45) is 0 Å². The number of hydrogen-bond acceptors (Lipinski definition) is 5. The lowest BCUT2D eigenvalue weighted by atomic mass is 10.1. The average molecular weight is 391 g/mol. The van der Waals surface area contributed by atoms with Crippen LogP contribution in [0.15, 0.2) is 18.3 Å². The topological polar surface area (TPSA) is 69.9 Å². The molecular weight excluding hydrogens is 371 g/mol. The second-order valence-electron chi connectivity index (χ2n) is 6.80. The molecule has 0 saturated heterocycles. The van der Waals surface area contributed by atoms with E-state index in [-0.39, 0.29) is 34.2 Å². The number of imidazole rings is 1. The zero-order chi connectivity index (χ0) is 19.9. The molecule has 27 heavy (non-hydrogen) atoms. The molecule has 0 atom stereocenters. The Balaban J connectivity index is 2.25. The average Bonchev–Trinajstić information content (AvgIpc) is 2.90. The van der Waals surface area contributed by atoms with Gasteiger partial charge in [0.15, 0.2) is 5.82 Å². The molecule has 8 heteroatoms. The summed E-state index contributed by atoms with van der Waals surface area (Å²) in [5.41, 5.74) is 1.64. The summed E-state index contributed by atoms with van der Waals surface area (Å²) in [6.45, 7) is 9.29. The Labute approximate surface area is 161 Å². The predicted octanol–water partition coefficient (Wildman–Crippen LogP) is 4.74. The van der Waals surface area contributed by atoms with Crippen molar-refractivity contribution in [3.05, 3.63) is 40.8 Å². The Morgan fingerprint density at radius 2 is 1.93 bits per heavy atom. The van der Waals surface area contributed by atoms with Gasteiger partial charge in [0, 0.05) is 17.8 Å². The molecule has 3 aromatic rings. The highest BCUT2D eigenvalue weighted by Crippen LogP contribution is 2.31. The SMILES string of the molecule is Cc1nc2c(F)cc(-c3nc(Cl)ncc3C(=O)OC(C)C)cc2n1C(C)C. The van der Waals surface area contributed by atoms with Crippen LogP contribution in [0, 0.1) is 12.7 Å². The third kappa shape index (κ3) is 3.64. The van der Waals surface area contributed by atoms with Gasteiger partial charge >= 0.3 is 5.97 Å². The van der Waals surface area contributed by atoms with Gasteiger partial charge in [0.25, 0.3) is 0 Å². The van der Waals surface area contributed by atoms with E-state index in [0.717, 1.165) is 0 Å². The Hall–Kier alpha value is -2.54. The minimum atomic E-state index is -0.592. The van der Waals surface area contributed by atoms with Gasteiger partial charge in [-0.15, -0.1) is 0 Å². The lowest BCUT2D eigenvalue weighted by molar-refractivity contribution is 0.0378. The van der Waals surface area contributed by atoms with Crippen LogP contribution < -0.4 is 0 Å². The van der Waals surface area contributed by atoms with Crippen LogP contribution in [0.5, 0.6) is 0 Å². The molecule has 2 aromatic heterocycles. The monoisotopic (exact) mass is 390 g/mol. The third-order valence-corrected chi connectivity index (χ3v) is 4.22. The second-order valence-corrected chi connectivity index (χ2v) is 7.14. The maximum Gasteiger partial charge on any atom is 0.342 e. The molecule has 1 aromatic carbocycles. The van der Waals surface area contributed by atoms with Gasteiger partial charge in [-0.3, -0.25) is 0 Å². The van der Waals surface area contributed by atoms with Gasteiger partial charge in [0.1, 0.15) is 16.9 Å². The molecule has 0 spiro atoms. The van der Waals surface area contributed by atoms with Crippen molar-refractivity contribution >= 4 is 28.6 Å². The van der Waals surface area contributed by atoms with E-state index in [4.69, 9.17) is 16.3 Å². The van der Waals surface area contributed by atoms with Gasteiger partial charge in [0.2, 0.25) is 5.28 Å². The predicted molar refractivity (Wildman–Crippen MR) is 101 cm³/mol. The molecule has 0 bridgehead atoms. The minimum Gasteiger partial charge on any atom is -0.459 e. The molecular formula is C19H20ClFN4O2. The number of esters is 1. The number of rotatable bonds is 4. The van der Waals surface area contributed by atoms with E-state index in [0.29, 0.717) is 16.9 Å². The summed E-state index contributed by atoms with van der Waals surface area (Å²) in [6, 6.07) is 3.14. The smallest absolute Gasteiger partial charge is 0.342 e. The van der Waals surface area contributed by atoms with E-state index in [1.165, 1.54) is 12.3 Å². The number of fused-ring (bicyclic) bond motifs is 1. The molecule has 6 nitrogen and oxygen atoms in total. The Bertz CT molecular complexity index is 1030. The first-order valence-corrected chi connectivity index (χ1v) is 8.98. The van der Waals surface area contributed by atoms with Crippen LogP contribution in [0.1, 0.15) is 49.9 Å². The first-order valence-electron chi connectivity index (χ1n) is 8.61. The molecule has 142 valence electrons. The van der Waals surface area contributed by atoms with Crippen molar-refractivity contribution in [2.75, 3.05) is 0 Å². The van der Waals surface area contributed by atoms with Crippen molar-refractivity contribution in [3.63, 3.8) is 0 Å². The summed E-state index contributed by atoms with van der Waals surface area (Å²) in [6.07, 6.45) is 0.980. The Morgan fingerprint density at radius 3 is 2.56 bits per heavy atom. The molecule has 0 amide bonds. The van der Waals surface area contributed by atoms with Crippen LogP contribution in [0.25, 0.3) is 22.3 Å². The van der Waals surface area contributed by atoms with Crippen LogP contribution >= 0.6 is 11.6 Å². The summed E-state index contributed by atoms with van der Waals surface area (Å²) < 4.78 is 21.9. The van der Waals surface area contributed by atoms with Crippen molar-refractivity contribution in [1.29, 1.82) is 0 Å². The fourth-order valence-electron chi connectivity index (χ4n) is 3.06. The normalized spacial score (nSPS) is 11.6. The van der Waals surface area contributed by atoms with E-state index in [2.05, 4.69) is 15.0 Å². The van der Waals surface area contributed by atoms with Crippen molar-refractivity contribution in [2.45, 2.75) is 46.8 Å². The lowest BCUT2D eigenvalue weighted by Crippen LogP contribution is -2.14. The fraction of sp³-hybridized carbons (Fsp3) is 0.368. The maximum absolute atomic E-state index is 14.8. The van der Waals surface area contributed by atoms with E-state index in [1.54, 1.807) is 19.9 Å². The van der Waals surface area contributed by atoms with Crippen molar-refractivity contribution in [1.82, 2.24) is 19.5 Å². The van der Waals surface area contributed by atoms with Crippen molar-refractivity contribution in [3.8, 4) is 11.3 Å². The number of aromatic nitrogens is 4. The highest BCUT2D eigenvalue weighted by atomic mass is 35.5. The van der Waals surface area contributed by atoms with Crippen LogP contribution in [-0.4, -0.2) is 31.6 Å². The van der Waals surface area contributed by atoms with E-state index < -0.39 is 11.8 Å². The number of halogens is 2. The number of aryl methyl sites for hydroxylation is 1. The molecule has 0 radical (unpaired) electrons. The van der Waals surface area contributed by atoms with Crippen LogP contribution in [-0.2, 0) is 4.74 Å². The number of ether oxygens (including phenoxy) is 1. The van der Waals surface area contributed by atoms with Gasteiger partial charge < -0.3 is 9.30 Å². The van der Waals surface area contributed by atoms with Gasteiger partial charge in [-0.2, -0.15) is 0 Å². The molecule has 0 aliphatic rings. The number of benzene rings is 1. The van der Waals surface area contributed by atoms with Gasteiger partial charge in [0.05, 0.1) is 17.3 Å². The highest BCUT2D eigenvalue weighted by Gasteiger charge is 2.21. The summed E-state index contributed by atoms with van der Waals surface area (Å²) in [5, 5.41) is -0.0415. The summed E-state index contributed by atoms with van der Waals surface area (Å²) >= 11 is 5.94. The standard InChI is InChI=1S/C19H20ClFN4O2/c1-9(2)25-11(5)23-17-14(21)6-12(7-15(17)25)16-13(8-22-19(20)24-16)18(26)27-10(3)4/h6-10H,1-5H3. The van der Waals surface area contributed by atoms with E-state index in [1.807, 2.05) is 25.3 Å². The lowest BCUT2D eigenvalue weighted by Gasteiger charge is -2.13. The maximum atomic E-state index is 14.8. The third-order valence-electron chi connectivity index (χ3n) is 4.04. The molecule has 0 unspecified atom stereocenters. The van der Waals surface area contributed by atoms with Crippen LogP contribution in [0.2, 0.25) is 5.28 Å². The Kier molecular flexibility index (Phi) is 5.15. The largest absolute Gasteiger partial charge is 0.459 e.